The van der Waals surface area contributed by atoms with E-state index in [1.807, 2.05) is 63.6 Å². The van der Waals surface area contributed by atoms with Crippen molar-refractivity contribution in [1.29, 1.82) is 0 Å². The van der Waals surface area contributed by atoms with Gasteiger partial charge in [0.2, 0.25) is 0 Å². The highest BCUT2D eigenvalue weighted by Crippen LogP contribution is 2.42. The fourth-order valence-corrected chi connectivity index (χ4v) is 8.77. The number of nitrogens with two attached hydrogens (primary N) is 2. The number of imidazole rings is 2. The Labute approximate surface area is 364 Å². The van der Waals surface area contributed by atoms with Crippen molar-refractivity contribution in [2.75, 3.05) is 7.11 Å². The maximum atomic E-state index is 6.53. The van der Waals surface area contributed by atoms with Gasteiger partial charge < -0.3 is 16.2 Å². The van der Waals surface area contributed by atoms with Crippen LogP contribution in [0.1, 0.15) is 55.3 Å². The molecule has 5 heterocycles. The maximum Gasteiger partial charge on any atom is 0.197 e. The molecule has 2 aliphatic rings. The smallest absolute Gasteiger partial charge is 0.197 e. The van der Waals surface area contributed by atoms with Gasteiger partial charge in [0.05, 0.1) is 29.9 Å². The Balaban J connectivity index is 0.000000148. The summed E-state index contributed by atoms with van der Waals surface area (Å²) < 4.78 is 9.29. The second-order valence-electron chi connectivity index (χ2n) is 16.2. The average molecular weight is 837 g/mol. The van der Waals surface area contributed by atoms with Gasteiger partial charge >= 0.3 is 0 Å². The molecule has 2 saturated carbocycles. The Kier molecular flexibility index (Phi) is 10.0. The van der Waals surface area contributed by atoms with Crippen LogP contribution in [0, 0.1) is 0 Å². The Morgan fingerprint density at radius 3 is 1.63 bits per heavy atom. The Hall–Kier alpha value is -6.92. The minimum Gasteiger partial charge on any atom is -0.493 e. The quantitative estimate of drug-likeness (QED) is 0.130. The van der Waals surface area contributed by atoms with E-state index in [0.717, 1.165) is 87.7 Å². The van der Waals surface area contributed by atoms with Crippen LogP contribution in [0.4, 0.5) is 0 Å². The summed E-state index contributed by atoms with van der Waals surface area (Å²) in [6.07, 6.45) is 9.96. The van der Waals surface area contributed by atoms with E-state index in [1.165, 1.54) is 24.0 Å². The van der Waals surface area contributed by atoms with E-state index in [9.17, 15) is 0 Å². The molecule has 2 fully saturated rings. The number of hydrogen-bond acceptors (Lipinski definition) is 8. The third-order valence-electron chi connectivity index (χ3n) is 12.4. The number of rotatable bonds is 9. The molecule has 12 heteroatoms. The number of nitrogens with one attached hydrogen (secondary N) is 1. The number of aromatic amines is 1. The lowest BCUT2D eigenvalue weighted by Crippen LogP contribution is -2.43. The summed E-state index contributed by atoms with van der Waals surface area (Å²) in [6, 6.07) is 42.8. The highest BCUT2D eigenvalue weighted by atomic mass is 35.5. The molecule has 0 spiro atoms. The van der Waals surface area contributed by atoms with Crippen LogP contribution in [0.3, 0.4) is 0 Å². The lowest BCUT2D eigenvalue weighted by atomic mass is 9.72. The molecule has 0 bridgehead atoms. The van der Waals surface area contributed by atoms with Gasteiger partial charge in [-0.25, -0.2) is 19.0 Å². The SMILES string of the molecule is C=Cc1cc(OC)c2nc(-c3ccc(C4(N)CCC4)cc3)c(-c3ccccc3)n2n1.NC1(c2ccc(-c3nc4c(-c5ccn[nH]5)cc(Cl)nn4c3-c3ccccc3)cc2)CCC1. The van der Waals surface area contributed by atoms with E-state index in [1.54, 1.807) is 19.4 Å². The van der Waals surface area contributed by atoms with Gasteiger partial charge in [0.15, 0.2) is 22.2 Å². The van der Waals surface area contributed by atoms with Gasteiger partial charge in [-0.2, -0.15) is 15.3 Å². The summed E-state index contributed by atoms with van der Waals surface area (Å²) in [6.45, 7) is 3.86. The second kappa shape index (κ2) is 15.8. The van der Waals surface area contributed by atoms with Crippen LogP contribution >= 0.6 is 11.6 Å². The monoisotopic (exact) mass is 836 g/mol. The first-order valence-electron chi connectivity index (χ1n) is 20.8. The molecule has 2 aliphatic carbocycles. The normalized spacial score (nSPS) is 15.0. The van der Waals surface area contributed by atoms with E-state index >= 15 is 0 Å². The van der Waals surface area contributed by atoms with Crippen LogP contribution in [0.2, 0.25) is 5.15 Å². The minimum absolute atomic E-state index is 0.177. The Bertz CT molecular complexity index is 3040. The summed E-state index contributed by atoms with van der Waals surface area (Å²) >= 11 is 6.44. The fourth-order valence-electron chi connectivity index (χ4n) is 8.58. The number of ether oxygens (including phenoxy) is 1. The number of H-pyrrole nitrogens is 1. The van der Waals surface area contributed by atoms with Crippen LogP contribution in [0.25, 0.3) is 73.7 Å². The number of hydrogen-bond donors (Lipinski definition) is 3. The summed E-state index contributed by atoms with van der Waals surface area (Å²) in [7, 11) is 1.65. The highest BCUT2D eigenvalue weighted by molar-refractivity contribution is 6.29. The molecule has 9 aromatic rings. The van der Waals surface area contributed by atoms with Gasteiger partial charge in [-0.05, 0) is 67.9 Å². The molecule has 5 N–H and O–H groups in total. The Morgan fingerprint density at radius 1 is 0.661 bits per heavy atom. The topological polar surface area (TPSA) is 150 Å². The summed E-state index contributed by atoms with van der Waals surface area (Å²) in [5.41, 5.74) is 26.4. The first-order valence-corrected chi connectivity index (χ1v) is 21.2. The minimum atomic E-state index is -0.192. The van der Waals surface area contributed by atoms with Crippen molar-refractivity contribution in [3.8, 4) is 62.0 Å². The van der Waals surface area contributed by atoms with Crippen molar-refractivity contribution in [3.63, 3.8) is 0 Å². The van der Waals surface area contributed by atoms with Gasteiger partial charge in [-0.3, -0.25) is 5.10 Å². The van der Waals surface area contributed by atoms with Gasteiger partial charge in [-0.1, -0.05) is 127 Å². The van der Waals surface area contributed by atoms with E-state index in [4.69, 9.17) is 42.9 Å². The van der Waals surface area contributed by atoms with Gasteiger partial charge in [-0.15, -0.1) is 0 Å². The number of methoxy groups -OCH3 is 1. The number of fused-ring (bicyclic) bond motifs is 2. The molecule has 0 amide bonds. The largest absolute Gasteiger partial charge is 0.493 e. The molecular weight excluding hydrogens is 792 g/mol. The van der Waals surface area contributed by atoms with E-state index in [-0.39, 0.29) is 11.1 Å². The van der Waals surface area contributed by atoms with Crippen molar-refractivity contribution in [3.05, 3.63) is 162 Å². The lowest BCUT2D eigenvalue weighted by Gasteiger charge is -2.38. The molecule has 308 valence electrons. The predicted molar refractivity (Wildman–Crippen MR) is 246 cm³/mol. The molecule has 0 unspecified atom stereocenters. The molecule has 11 nitrogen and oxygen atoms in total. The molecule has 11 rings (SSSR count). The molecule has 5 aromatic heterocycles. The van der Waals surface area contributed by atoms with E-state index < -0.39 is 0 Å². The molecule has 0 atom stereocenters. The summed E-state index contributed by atoms with van der Waals surface area (Å²) in [5, 5.41) is 16.8. The third kappa shape index (κ3) is 6.94. The third-order valence-corrected chi connectivity index (χ3v) is 12.6. The van der Waals surface area contributed by atoms with Gasteiger partial charge in [0.1, 0.15) is 11.4 Å². The molecule has 4 aromatic carbocycles. The van der Waals surface area contributed by atoms with Crippen LogP contribution < -0.4 is 16.2 Å². The molecule has 0 radical (unpaired) electrons. The van der Waals surface area contributed by atoms with Crippen molar-refractivity contribution in [1.82, 2.24) is 39.4 Å². The molecule has 0 saturated heterocycles. The van der Waals surface area contributed by atoms with Gasteiger partial charge in [0.25, 0.3) is 0 Å². The molecular formula is C50H45ClN10O. The average Bonchev–Trinajstić information content (AvgIpc) is 4.06. The summed E-state index contributed by atoms with van der Waals surface area (Å²) in [5.74, 6) is 0.662. The van der Waals surface area contributed by atoms with Crippen LogP contribution in [-0.4, -0.2) is 46.5 Å². The zero-order valence-electron chi connectivity index (χ0n) is 34.3. The number of benzene rings is 4. The van der Waals surface area contributed by atoms with Crippen molar-refractivity contribution < 1.29 is 4.74 Å². The first-order chi connectivity index (χ1) is 30.2. The zero-order chi connectivity index (χ0) is 42.4. The van der Waals surface area contributed by atoms with Crippen molar-refractivity contribution >= 4 is 29.0 Å². The van der Waals surface area contributed by atoms with Gasteiger partial charge in [0, 0.05) is 51.2 Å². The first kappa shape index (κ1) is 39.2. The second-order valence-corrected chi connectivity index (χ2v) is 16.6. The fraction of sp³-hybridized carbons (Fsp3) is 0.180. The molecule has 62 heavy (non-hydrogen) atoms. The number of aromatic nitrogens is 8. The number of nitrogens with zero attached hydrogens (tertiary/aromatic N) is 7. The zero-order valence-corrected chi connectivity index (χ0v) is 35.1. The lowest BCUT2D eigenvalue weighted by molar-refractivity contribution is 0.253. The maximum absolute atomic E-state index is 6.53. The predicted octanol–water partition coefficient (Wildman–Crippen LogP) is 10.5. The van der Waals surface area contributed by atoms with Crippen LogP contribution in [0.5, 0.6) is 5.75 Å². The van der Waals surface area contributed by atoms with E-state index in [0.29, 0.717) is 22.2 Å². The van der Waals surface area contributed by atoms with Crippen molar-refractivity contribution in [2.45, 2.75) is 49.6 Å². The Morgan fingerprint density at radius 2 is 1.18 bits per heavy atom. The molecule has 0 aliphatic heterocycles. The standard InChI is InChI=1S/C25H21ClN6.C25H24N4O/c26-21-15-19(20-11-14-28-30-20)24-29-22(23(32(24)31-21)17-5-2-1-3-6-17)16-7-9-18(10-8-16)25(27)12-4-13-25;1-3-20-16-21(30-2)24-27-22(23(29(24)28-20)18-8-5-4-6-9-18)17-10-12-19(13-11-17)25(26)14-7-15-25/h1-3,5-11,14-15H,4,12-13,27H2,(H,28,30);3-6,8-13,16H,1,7,14-15,26H2,2H3. The van der Waals surface area contributed by atoms with Crippen LogP contribution in [0.15, 0.2) is 140 Å². The van der Waals surface area contributed by atoms with Crippen molar-refractivity contribution in [2.24, 2.45) is 11.5 Å². The van der Waals surface area contributed by atoms with Crippen LogP contribution in [-0.2, 0) is 11.1 Å². The summed E-state index contributed by atoms with van der Waals surface area (Å²) in [4.78, 5) is 9.99. The van der Waals surface area contributed by atoms with E-state index in [2.05, 4.69) is 94.7 Å². The highest BCUT2D eigenvalue weighted by Gasteiger charge is 2.35. The number of halogens is 1.